The SMILES string of the molecule is Cc1c(OCCOC2C=CN(CC(=O)Nc3ccc4c(C5CCC(=O)NC5=O)nn(C)c4c3)CC2)cccc1-c1ccc(N2CCc3cccc(C(=O)Nc4nc5ccccc5s4)c3C2)nc1C(=O)O. The van der Waals surface area contributed by atoms with E-state index in [1.165, 1.54) is 11.3 Å². The Morgan fingerprint density at radius 2 is 1.76 bits per heavy atom. The summed E-state index contributed by atoms with van der Waals surface area (Å²) < 4.78 is 14.9. The Hall–Kier alpha value is -7.96. The number of hydrogen-bond acceptors (Lipinski definition) is 13. The van der Waals surface area contributed by atoms with Gasteiger partial charge in [0.05, 0.1) is 46.6 Å². The van der Waals surface area contributed by atoms with Crippen molar-refractivity contribution in [2.45, 2.75) is 51.2 Å². The van der Waals surface area contributed by atoms with Gasteiger partial charge in [0, 0.05) is 55.3 Å². The van der Waals surface area contributed by atoms with Crippen LogP contribution in [-0.4, -0.2) is 98.3 Å². The van der Waals surface area contributed by atoms with E-state index in [0.717, 1.165) is 37.8 Å². The summed E-state index contributed by atoms with van der Waals surface area (Å²) in [4.78, 5) is 76.8. The molecule has 3 aliphatic rings. The van der Waals surface area contributed by atoms with Crippen LogP contribution in [0.5, 0.6) is 5.75 Å². The largest absolute Gasteiger partial charge is 0.491 e. The molecule has 0 spiro atoms. The zero-order valence-electron chi connectivity index (χ0n) is 38.4. The van der Waals surface area contributed by atoms with Gasteiger partial charge in [0.25, 0.3) is 5.91 Å². The van der Waals surface area contributed by atoms with Crippen LogP contribution in [-0.2, 0) is 39.1 Å². The van der Waals surface area contributed by atoms with E-state index in [1.54, 1.807) is 29.9 Å². The van der Waals surface area contributed by atoms with E-state index in [2.05, 4.69) is 31.0 Å². The summed E-state index contributed by atoms with van der Waals surface area (Å²) in [5.41, 5.74) is 7.09. The van der Waals surface area contributed by atoms with E-state index in [4.69, 9.17) is 9.47 Å². The molecule has 356 valence electrons. The highest BCUT2D eigenvalue weighted by Crippen LogP contribution is 2.36. The average Bonchev–Trinajstić information content (AvgIpc) is 3.92. The van der Waals surface area contributed by atoms with Gasteiger partial charge in [-0.1, -0.05) is 47.7 Å². The second kappa shape index (κ2) is 19.6. The van der Waals surface area contributed by atoms with Crippen molar-refractivity contribution in [1.82, 2.24) is 30.0 Å². The normalized spacial score (nSPS) is 16.8. The predicted octanol–water partition coefficient (Wildman–Crippen LogP) is 7.21. The standard InChI is InChI=1S/C52H49N9O8S/c1-30-34(35-15-17-44(55-48(35)51(66)67)61-24-19-31-7-5-9-36(39(31)28-61)49(64)57-52-54-40-10-3-4-12-43(40)70-52)8-6-11-42(30)69-26-25-68-33-20-22-60(23-21-33)29-46(63)53-32-13-14-37-41(27-32)59(2)58-47(37)38-16-18-45(62)56-50(38)65/h3-15,17,20,22,27,33,38H,16,18-19,21,23-26,28-29H2,1-2H3,(H,53,63)(H,66,67)(H,54,57,64)(H,56,62,65). The number of nitrogens with zero attached hydrogens (tertiary/aromatic N) is 6. The molecule has 18 heteroatoms. The fourth-order valence-electron chi connectivity index (χ4n) is 9.41. The number of rotatable bonds is 14. The Bertz CT molecular complexity index is 3220. The highest BCUT2D eigenvalue weighted by Gasteiger charge is 2.32. The van der Waals surface area contributed by atoms with Gasteiger partial charge in [-0.25, -0.2) is 14.8 Å². The second-order valence-electron chi connectivity index (χ2n) is 17.5. The number of carboxylic acids is 1. The van der Waals surface area contributed by atoms with Crippen molar-refractivity contribution in [2.24, 2.45) is 7.05 Å². The average molecular weight is 960 g/mol. The van der Waals surface area contributed by atoms with Crippen molar-refractivity contribution in [2.75, 3.05) is 48.4 Å². The molecule has 7 aromatic rings. The van der Waals surface area contributed by atoms with Crippen molar-refractivity contribution >= 4 is 78.7 Å². The summed E-state index contributed by atoms with van der Waals surface area (Å²) in [6.07, 6.45) is 5.63. The number of carbonyl (C=O) groups is 5. The molecule has 4 N–H and O–H groups in total. The minimum Gasteiger partial charge on any atom is -0.491 e. The zero-order chi connectivity index (χ0) is 48.5. The smallest absolute Gasteiger partial charge is 0.355 e. The van der Waals surface area contributed by atoms with Crippen molar-refractivity contribution in [3.63, 3.8) is 0 Å². The Morgan fingerprint density at radius 3 is 2.57 bits per heavy atom. The summed E-state index contributed by atoms with van der Waals surface area (Å²) in [5, 5.41) is 24.7. The number of benzene rings is 4. The molecule has 6 heterocycles. The first kappa shape index (κ1) is 45.8. The van der Waals surface area contributed by atoms with E-state index in [9.17, 15) is 29.1 Å². The van der Waals surface area contributed by atoms with Crippen LogP contribution < -0.4 is 25.6 Å². The van der Waals surface area contributed by atoms with Gasteiger partial charge in [0.1, 0.15) is 18.2 Å². The van der Waals surface area contributed by atoms with Crippen LogP contribution in [0, 0.1) is 6.92 Å². The topological polar surface area (TPSA) is 210 Å². The highest BCUT2D eigenvalue weighted by molar-refractivity contribution is 7.22. The molecule has 3 aromatic heterocycles. The molecule has 1 saturated heterocycles. The number of carbonyl (C=O) groups excluding carboxylic acids is 4. The number of aromatic carboxylic acids is 1. The number of anilines is 3. The number of fused-ring (bicyclic) bond motifs is 3. The molecular formula is C52H49N9O8S. The molecule has 17 nitrogen and oxygen atoms in total. The molecule has 70 heavy (non-hydrogen) atoms. The third-order valence-corrected chi connectivity index (χ3v) is 13.9. The Balaban J connectivity index is 0.722. The van der Waals surface area contributed by atoms with Gasteiger partial charge in [0.2, 0.25) is 17.7 Å². The van der Waals surface area contributed by atoms with E-state index in [-0.39, 0.29) is 55.0 Å². The molecule has 10 rings (SSSR count). The maximum atomic E-state index is 13.6. The number of amides is 4. The number of imide groups is 1. The van der Waals surface area contributed by atoms with Gasteiger partial charge in [0.15, 0.2) is 10.8 Å². The highest BCUT2D eigenvalue weighted by atomic mass is 32.1. The number of hydrogen-bond donors (Lipinski definition) is 4. The zero-order valence-corrected chi connectivity index (χ0v) is 39.3. The van der Waals surface area contributed by atoms with Gasteiger partial charge in [-0.05, 0) is 115 Å². The number of nitrogens with one attached hydrogen (secondary N) is 3. The number of aryl methyl sites for hydroxylation is 1. The van der Waals surface area contributed by atoms with Crippen molar-refractivity contribution in [3.8, 4) is 16.9 Å². The number of para-hydroxylation sites is 1. The van der Waals surface area contributed by atoms with E-state index >= 15 is 0 Å². The lowest BCUT2D eigenvalue weighted by atomic mass is 9.93. The van der Waals surface area contributed by atoms with Crippen LogP contribution in [0.25, 0.3) is 32.2 Å². The van der Waals surface area contributed by atoms with Gasteiger partial charge in [-0.15, -0.1) is 0 Å². The maximum absolute atomic E-state index is 13.6. The first-order valence-corrected chi connectivity index (χ1v) is 23.9. The van der Waals surface area contributed by atoms with Crippen LogP contribution in [0.3, 0.4) is 0 Å². The molecule has 0 bridgehead atoms. The van der Waals surface area contributed by atoms with Crippen molar-refractivity contribution < 1.29 is 38.6 Å². The molecule has 0 saturated carbocycles. The summed E-state index contributed by atoms with van der Waals surface area (Å²) in [6, 6.07) is 28.0. The molecule has 4 aromatic carbocycles. The van der Waals surface area contributed by atoms with Gasteiger partial charge >= 0.3 is 5.97 Å². The molecular weight excluding hydrogens is 911 g/mol. The second-order valence-corrected chi connectivity index (χ2v) is 18.5. The number of aromatic nitrogens is 4. The summed E-state index contributed by atoms with van der Waals surface area (Å²) in [6.45, 7) is 4.20. The molecule has 3 aliphatic heterocycles. The Morgan fingerprint density at radius 1 is 0.900 bits per heavy atom. The van der Waals surface area contributed by atoms with Crippen molar-refractivity contribution in [1.29, 1.82) is 0 Å². The van der Waals surface area contributed by atoms with E-state index in [1.807, 2.05) is 102 Å². The lowest BCUT2D eigenvalue weighted by Crippen LogP contribution is -2.39. The van der Waals surface area contributed by atoms with E-state index < -0.39 is 11.9 Å². The van der Waals surface area contributed by atoms with Gasteiger partial charge in [-0.3, -0.25) is 34.5 Å². The summed E-state index contributed by atoms with van der Waals surface area (Å²) in [7, 11) is 1.78. The third kappa shape index (κ3) is 9.55. The fourth-order valence-corrected chi connectivity index (χ4v) is 10.3. The van der Waals surface area contributed by atoms with Crippen molar-refractivity contribution in [3.05, 3.63) is 137 Å². The molecule has 2 atom stereocenters. The summed E-state index contributed by atoms with van der Waals surface area (Å²) in [5.74, 6) is -1.63. The molecule has 2 unspecified atom stereocenters. The first-order valence-electron chi connectivity index (χ1n) is 23.1. The van der Waals surface area contributed by atoms with Crippen LogP contribution in [0.4, 0.5) is 16.6 Å². The minimum absolute atomic E-state index is 0.0855. The molecule has 1 fully saturated rings. The fraction of sp³-hybridized carbons (Fsp3) is 0.269. The van der Waals surface area contributed by atoms with Crippen LogP contribution in [0.1, 0.15) is 68.4 Å². The number of piperidine rings is 1. The molecule has 4 amide bonds. The van der Waals surface area contributed by atoms with Crippen LogP contribution >= 0.6 is 11.3 Å². The Kier molecular flexibility index (Phi) is 12.8. The lowest BCUT2D eigenvalue weighted by molar-refractivity contribution is -0.134. The summed E-state index contributed by atoms with van der Waals surface area (Å²) >= 11 is 1.42. The molecule has 0 radical (unpaired) electrons. The van der Waals surface area contributed by atoms with E-state index in [0.29, 0.717) is 90.3 Å². The number of thiazole rings is 1. The predicted molar refractivity (Wildman–Crippen MR) is 265 cm³/mol. The van der Waals surface area contributed by atoms with Crippen LogP contribution in [0.2, 0.25) is 0 Å². The van der Waals surface area contributed by atoms with Crippen LogP contribution in [0.15, 0.2) is 103 Å². The number of pyridine rings is 1. The van der Waals surface area contributed by atoms with Gasteiger partial charge in [-0.2, -0.15) is 5.10 Å². The maximum Gasteiger partial charge on any atom is 0.355 e. The lowest BCUT2D eigenvalue weighted by Gasteiger charge is -2.31. The quantitative estimate of drug-likeness (QED) is 0.0628. The number of carboxylic acid groups (broad SMARTS) is 1. The molecule has 0 aliphatic carbocycles. The third-order valence-electron chi connectivity index (χ3n) is 13.0. The monoisotopic (exact) mass is 959 g/mol. The van der Waals surface area contributed by atoms with Gasteiger partial charge < -0.3 is 29.7 Å². The number of ether oxygens (including phenoxy) is 2. The Labute approximate surface area is 406 Å². The minimum atomic E-state index is -1.16. The first-order chi connectivity index (χ1) is 33.9.